The summed E-state index contributed by atoms with van der Waals surface area (Å²) in [5.74, 6) is -0.426. The van der Waals surface area contributed by atoms with Crippen molar-refractivity contribution in [1.82, 2.24) is 9.97 Å². The molecule has 112 valence electrons. The number of H-pyrrole nitrogens is 1. The van der Waals surface area contributed by atoms with Crippen LogP contribution >= 0.6 is 23.1 Å². The van der Waals surface area contributed by atoms with Crippen LogP contribution in [0.25, 0.3) is 10.2 Å². The van der Waals surface area contributed by atoms with Crippen LogP contribution in [0.3, 0.4) is 0 Å². The van der Waals surface area contributed by atoms with Crippen LogP contribution < -0.4 is 5.56 Å². The third kappa shape index (κ3) is 2.90. The molecule has 1 aromatic carbocycles. The fourth-order valence-electron chi connectivity index (χ4n) is 1.99. The Hall–Kier alpha value is -2.12. The van der Waals surface area contributed by atoms with Gasteiger partial charge in [-0.3, -0.25) is 4.79 Å². The number of benzene rings is 1. The summed E-state index contributed by atoms with van der Waals surface area (Å²) >= 11 is 2.59. The fraction of sp³-hybridized carbons (Fsp3) is 0.133. The first kappa shape index (κ1) is 14.8. The number of carbonyl (C=O) groups is 1. The minimum Gasteiger partial charge on any atom is -0.478 e. The van der Waals surface area contributed by atoms with Gasteiger partial charge in [-0.1, -0.05) is 41.6 Å². The SMILES string of the molecule is Cc1ccc(CSc2nc3scc(C(=O)O)c3c(=O)[nH]2)cc1. The van der Waals surface area contributed by atoms with Gasteiger partial charge in [0.2, 0.25) is 0 Å². The first-order valence-corrected chi connectivity index (χ1v) is 8.34. The maximum atomic E-state index is 12.1. The van der Waals surface area contributed by atoms with E-state index in [-0.39, 0.29) is 10.9 Å². The number of nitrogens with one attached hydrogen (secondary N) is 1. The second-order valence-corrected chi connectivity index (χ2v) is 6.60. The topological polar surface area (TPSA) is 83.0 Å². The highest BCUT2D eigenvalue weighted by Gasteiger charge is 2.16. The van der Waals surface area contributed by atoms with Crippen molar-refractivity contribution < 1.29 is 9.90 Å². The zero-order valence-corrected chi connectivity index (χ0v) is 13.3. The molecule has 2 N–H and O–H groups in total. The van der Waals surface area contributed by atoms with Crippen LogP contribution in [-0.2, 0) is 5.75 Å². The predicted molar refractivity (Wildman–Crippen MR) is 87.9 cm³/mol. The summed E-state index contributed by atoms with van der Waals surface area (Å²) in [7, 11) is 0. The molecule has 2 heterocycles. The van der Waals surface area contributed by atoms with Crippen LogP contribution in [0.4, 0.5) is 0 Å². The molecule has 0 fully saturated rings. The highest BCUT2D eigenvalue weighted by atomic mass is 32.2. The van der Waals surface area contributed by atoms with Gasteiger partial charge in [0, 0.05) is 11.1 Å². The summed E-state index contributed by atoms with van der Waals surface area (Å²) in [4.78, 5) is 30.6. The molecule has 0 aliphatic heterocycles. The van der Waals surface area contributed by atoms with E-state index in [0.29, 0.717) is 15.7 Å². The number of carboxylic acid groups (broad SMARTS) is 1. The number of hydrogen-bond acceptors (Lipinski definition) is 5. The molecule has 0 aliphatic rings. The Bertz CT molecular complexity index is 897. The monoisotopic (exact) mass is 332 g/mol. The molecule has 0 atom stereocenters. The number of rotatable bonds is 4. The molecule has 3 aromatic rings. The standard InChI is InChI=1S/C15H12N2O3S2/c1-8-2-4-9(5-3-8)6-22-15-16-12(18)11-10(14(19)20)7-21-13(11)17-15/h2-5,7H,6H2,1H3,(H,19,20)(H,16,17,18). The maximum Gasteiger partial charge on any atom is 0.337 e. The number of aromatic amines is 1. The van der Waals surface area contributed by atoms with Gasteiger partial charge in [-0.2, -0.15) is 0 Å². The molecular weight excluding hydrogens is 320 g/mol. The molecule has 0 amide bonds. The largest absolute Gasteiger partial charge is 0.478 e. The molecule has 0 saturated carbocycles. The lowest BCUT2D eigenvalue weighted by Gasteiger charge is -2.02. The quantitative estimate of drug-likeness (QED) is 0.566. The first-order valence-electron chi connectivity index (χ1n) is 6.48. The number of nitrogens with zero attached hydrogens (tertiary/aromatic N) is 1. The Morgan fingerprint density at radius 3 is 2.77 bits per heavy atom. The number of thiophene rings is 1. The number of aromatic carboxylic acids is 1. The van der Waals surface area contributed by atoms with Crippen molar-refractivity contribution in [2.24, 2.45) is 0 Å². The van der Waals surface area contributed by atoms with Gasteiger partial charge < -0.3 is 10.1 Å². The molecule has 0 saturated heterocycles. The Balaban J connectivity index is 1.87. The lowest BCUT2D eigenvalue weighted by molar-refractivity contribution is 0.0699. The Kier molecular flexibility index (Phi) is 4.00. The van der Waals surface area contributed by atoms with Crippen molar-refractivity contribution in [2.75, 3.05) is 0 Å². The zero-order valence-electron chi connectivity index (χ0n) is 11.6. The van der Waals surface area contributed by atoms with Gasteiger partial charge >= 0.3 is 5.97 Å². The molecule has 5 nitrogen and oxygen atoms in total. The number of thioether (sulfide) groups is 1. The molecule has 0 aliphatic carbocycles. The Morgan fingerprint density at radius 1 is 1.36 bits per heavy atom. The van der Waals surface area contributed by atoms with Gasteiger partial charge in [-0.05, 0) is 12.5 Å². The number of hydrogen-bond donors (Lipinski definition) is 2. The van der Waals surface area contributed by atoms with Gasteiger partial charge in [0.25, 0.3) is 5.56 Å². The van der Waals surface area contributed by atoms with E-state index in [4.69, 9.17) is 5.11 Å². The van der Waals surface area contributed by atoms with Crippen molar-refractivity contribution in [3.63, 3.8) is 0 Å². The first-order chi connectivity index (χ1) is 10.5. The lowest BCUT2D eigenvalue weighted by Crippen LogP contribution is -2.11. The van der Waals surface area contributed by atoms with Crippen molar-refractivity contribution >= 4 is 39.3 Å². The van der Waals surface area contributed by atoms with E-state index in [2.05, 4.69) is 9.97 Å². The van der Waals surface area contributed by atoms with Gasteiger partial charge in [0.1, 0.15) is 4.83 Å². The minimum atomic E-state index is -1.11. The van der Waals surface area contributed by atoms with E-state index in [1.54, 1.807) is 0 Å². The third-order valence-electron chi connectivity index (χ3n) is 3.15. The van der Waals surface area contributed by atoms with Crippen molar-refractivity contribution in [3.8, 4) is 0 Å². The minimum absolute atomic E-state index is 0.00355. The summed E-state index contributed by atoms with van der Waals surface area (Å²) in [6.07, 6.45) is 0. The van der Waals surface area contributed by atoms with Crippen LogP contribution in [0, 0.1) is 6.92 Å². The molecule has 2 aromatic heterocycles. The highest BCUT2D eigenvalue weighted by Crippen LogP contribution is 2.25. The number of fused-ring (bicyclic) bond motifs is 1. The Morgan fingerprint density at radius 2 is 2.09 bits per heavy atom. The molecule has 0 radical (unpaired) electrons. The molecule has 0 spiro atoms. The summed E-state index contributed by atoms with van der Waals surface area (Å²) in [5.41, 5.74) is 1.93. The molecule has 0 bridgehead atoms. The van der Waals surface area contributed by atoms with Gasteiger partial charge in [0.15, 0.2) is 5.16 Å². The fourth-order valence-corrected chi connectivity index (χ4v) is 3.78. The van der Waals surface area contributed by atoms with Crippen LogP contribution in [0.1, 0.15) is 21.5 Å². The van der Waals surface area contributed by atoms with E-state index in [0.717, 1.165) is 5.56 Å². The summed E-state index contributed by atoms with van der Waals surface area (Å²) < 4.78 is 0. The summed E-state index contributed by atoms with van der Waals surface area (Å²) in [5, 5.41) is 11.2. The van der Waals surface area contributed by atoms with Crippen LogP contribution in [0.2, 0.25) is 0 Å². The van der Waals surface area contributed by atoms with Gasteiger partial charge in [-0.15, -0.1) is 11.3 Å². The van der Waals surface area contributed by atoms with Crippen molar-refractivity contribution in [2.45, 2.75) is 17.8 Å². The van der Waals surface area contributed by atoms with E-state index in [1.165, 1.54) is 34.0 Å². The van der Waals surface area contributed by atoms with Crippen LogP contribution in [0.5, 0.6) is 0 Å². The second-order valence-electron chi connectivity index (χ2n) is 4.78. The highest BCUT2D eigenvalue weighted by molar-refractivity contribution is 7.98. The van der Waals surface area contributed by atoms with E-state index in [1.807, 2.05) is 31.2 Å². The molecule has 3 rings (SSSR count). The molecular formula is C15H12N2O3S2. The lowest BCUT2D eigenvalue weighted by atomic mass is 10.2. The average molecular weight is 332 g/mol. The van der Waals surface area contributed by atoms with Crippen LogP contribution in [-0.4, -0.2) is 21.0 Å². The predicted octanol–water partition coefficient (Wildman–Crippen LogP) is 3.28. The van der Waals surface area contributed by atoms with E-state index >= 15 is 0 Å². The summed E-state index contributed by atoms with van der Waals surface area (Å²) in [6.45, 7) is 2.03. The van der Waals surface area contributed by atoms with E-state index < -0.39 is 11.5 Å². The van der Waals surface area contributed by atoms with Crippen molar-refractivity contribution in [1.29, 1.82) is 0 Å². The smallest absolute Gasteiger partial charge is 0.337 e. The molecule has 0 unspecified atom stereocenters. The molecule has 7 heteroatoms. The van der Waals surface area contributed by atoms with Crippen LogP contribution in [0.15, 0.2) is 39.6 Å². The second kappa shape index (κ2) is 5.94. The van der Waals surface area contributed by atoms with Gasteiger partial charge in [0.05, 0.1) is 10.9 Å². The van der Waals surface area contributed by atoms with Crippen molar-refractivity contribution in [3.05, 3.63) is 56.7 Å². The average Bonchev–Trinajstić information content (AvgIpc) is 2.91. The maximum absolute atomic E-state index is 12.1. The zero-order chi connectivity index (χ0) is 15.7. The normalized spacial score (nSPS) is 11.0. The van der Waals surface area contributed by atoms with E-state index in [9.17, 15) is 9.59 Å². The number of carboxylic acids is 1. The number of aryl methyl sites for hydroxylation is 1. The summed E-state index contributed by atoms with van der Waals surface area (Å²) in [6, 6.07) is 8.14. The third-order valence-corrected chi connectivity index (χ3v) is 4.97. The molecule has 22 heavy (non-hydrogen) atoms. The Labute approximate surface area is 134 Å². The van der Waals surface area contributed by atoms with Gasteiger partial charge in [-0.25, -0.2) is 9.78 Å². The number of aromatic nitrogens is 2.